The van der Waals surface area contributed by atoms with Crippen LogP contribution in [0.1, 0.15) is 12.8 Å². The van der Waals surface area contributed by atoms with Crippen LogP contribution in [-0.2, 0) is 4.74 Å². The predicted molar refractivity (Wildman–Crippen MR) is 115 cm³/mol. The van der Waals surface area contributed by atoms with Crippen LogP contribution in [0.2, 0.25) is 0 Å². The van der Waals surface area contributed by atoms with Crippen molar-refractivity contribution in [1.82, 2.24) is 15.0 Å². The zero-order valence-corrected chi connectivity index (χ0v) is 17.0. The molecule has 0 spiro atoms. The number of fused-ring (bicyclic) bond motifs is 2. The largest absolute Gasteiger partial charge is 0.435 e. The molecule has 2 aliphatic rings. The fraction of sp³-hybridized carbons (Fsp3) is 0.318. The Morgan fingerprint density at radius 1 is 1.12 bits per heavy atom. The van der Waals surface area contributed by atoms with Crippen molar-refractivity contribution in [2.24, 2.45) is 0 Å². The Bertz CT molecular complexity index is 1140. The highest BCUT2D eigenvalue weighted by Crippen LogP contribution is 2.29. The first-order chi connectivity index (χ1) is 15.5. The van der Waals surface area contributed by atoms with Crippen LogP contribution in [0.5, 0.6) is 5.75 Å². The molecule has 166 valence electrons. The molecule has 2 bridgehead atoms. The minimum Gasteiger partial charge on any atom is -0.435 e. The summed E-state index contributed by atoms with van der Waals surface area (Å²) in [6.45, 7) is -1.38. The van der Waals surface area contributed by atoms with Crippen LogP contribution >= 0.6 is 0 Å². The van der Waals surface area contributed by atoms with E-state index in [1.165, 1.54) is 12.1 Å². The molecule has 1 aromatic carbocycles. The molecule has 3 aromatic rings. The Kier molecular flexibility index (Phi) is 5.44. The molecule has 5 rings (SSSR count). The summed E-state index contributed by atoms with van der Waals surface area (Å²) in [6, 6.07) is 9.56. The number of hydrogen-bond donors (Lipinski definition) is 2. The second-order valence-electron chi connectivity index (χ2n) is 7.76. The van der Waals surface area contributed by atoms with E-state index in [9.17, 15) is 13.6 Å². The lowest BCUT2D eigenvalue weighted by molar-refractivity contribution is -0.0498. The number of benzene rings is 1. The van der Waals surface area contributed by atoms with Crippen LogP contribution in [0.3, 0.4) is 0 Å². The third kappa shape index (κ3) is 4.40. The van der Waals surface area contributed by atoms with Crippen LogP contribution in [0, 0.1) is 0 Å². The smallest absolute Gasteiger partial charge is 0.387 e. The molecule has 32 heavy (non-hydrogen) atoms. The van der Waals surface area contributed by atoms with E-state index in [2.05, 4.69) is 29.9 Å². The van der Waals surface area contributed by atoms with Crippen molar-refractivity contribution in [3.05, 3.63) is 59.1 Å². The monoisotopic (exact) mass is 441 g/mol. The molecular weight excluding hydrogens is 420 g/mol. The number of aromatic amines is 1. The number of halogens is 2. The minimum absolute atomic E-state index is 0.0663. The molecule has 2 N–H and O–H groups in total. The highest BCUT2D eigenvalue weighted by atomic mass is 19.3. The second kappa shape index (κ2) is 8.54. The van der Waals surface area contributed by atoms with Gasteiger partial charge in [-0.3, -0.25) is 4.79 Å². The first kappa shape index (κ1) is 20.4. The topological polar surface area (TPSA) is 92.4 Å². The highest BCUT2D eigenvalue weighted by molar-refractivity contribution is 5.69. The number of H-pyrrole nitrogens is 1. The molecule has 2 aliphatic heterocycles. The number of nitrogens with zero attached hydrogens (tertiary/aromatic N) is 3. The fourth-order valence-electron chi connectivity index (χ4n) is 4.06. The van der Waals surface area contributed by atoms with Gasteiger partial charge in [0.1, 0.15) is 17.3 Å². The van der Waals surface area contributed by atoms with Gasteiger partial charge < -0.3 is 24.7 Å². The Morgan fingerprint density at radius 2 is 1.88 bits per heavy atom. The number of hydrogen-bond acceptors (Lipinski definition) is 7. The molecule has 0 aliphatic carbocycles. The average Bonchev–Trinajstić information content (AvgIpc) is 3.13. The second-order valence-corrected chi connectivity index (χ2v) is 7.76. The highest BCUT2D eigenvalue weighted by Gasteiger charge is 2.34. The van der Waals surface area contributed by atoms with Gasteiger partial charge in [0, 0.05) is 31.0 Å². The lowest BCUT2D eigenvalue weighted by atomic mass is 10.1. The molecule has 2 saturated heterocycles. The number of ether oxygens (including phenoxy) is 2. The number of morpholine rings is 1. The van der Waals surface area contributed by atoms with E-state index in [0.29, 0.717) is 23.0 Å². The van der Waals surface area contributed by atoms with Gasteiger partial charge in [-0.1, -0.05) is 12.1 Å². The molecule has 2 atom stereocenters. The van der Waals surface area contributed by atoms with Gasteiger partial charge in [0.15, 0.2) is 0 Å². The maximum atomic E-state index is 12.4. The van der Waals surface area contributed by atoms with Gasteiger partial charge in [0.25, 0.3) is 5.56 Å². The first-order valence-corrected chi connectivity index (χ1v) is 10.3. The summed E-state index contributed by atoms with van der Waals surface area (Å²) in [6.07, 6.45) is 5.75. The average molecular weight is 441 g/mol. The summed E-state index contributed by atoms with van der Waals surface area (Å²) in [5.74, 6) is 1.16. The van der Waals surface area contributed by atoms with Crippen LogP contribution in [-0.4, -0.2) is 46.9 Å². The van der Waals surface area contributed by atoms with Crippen molar-refractivity contribution in [1.29, 1.82) is 0 Å². The van der Waals surface area contributed by atoms with Gasteiger partial charge in [0.2, 0.25) is 5.95 Å². The fourth-order valence-corrected chi connectivity index (χ4v) is 4.06. The SMILES string of the molecule is O=c1[nH]cc(-c2ccc(OC(F)F)cc2)cc1Nc1ccnc(N2CC3CCC(C2)O3)n1. The molecule has 0 radical (unpaired) electrons. The molecule has 0 amide bonds. The minimum atomic E-state index is -2.88. The first-order valence-electron chi connectivity index (χ1n) is 10.3. The van der Waals surface area contributed by atoms with E-state index < -0.39 is 6.61 Å². The molecule has 10 heteroatoms. The molecule has 4 heterocycles. The third-order valence-electron chi connectivity index (χ3n) is 5.55. The summed E-state index contributed by atoms with van der Waals surface area (Å²) in [5, 5.41) is 3.06. The Hall–Kier alpha value is -3.53. The van der Waals surface area contributed by atoms with E-state index >= 15 is 0 Å². The number of anilines is 3. The molecular formula is C22H21F2N5O3. The van der Waals surface area contributed by atoms with Gasteiger partial charge in [-0.2, -0.15) is 13.8 Å². The van der Waals surface area contributed by atoms with Gasteiger partial charge in [-0.05, 0) is 42.7 Å². The maximum Gasteiger partial charge on any atom is 0.387 e. The summed E-state index contributed by atoms with van der Waals surface area (Å²) in [5.41, 5.74) is 1.44. The van der Waals surface area contributed by atoms with E-state index in [0.717, 1.165) is 31.5 Å². The predicted octanol–water partition coefficient (Wildman–Crippen LogP) is 3.54. The van der Waals surface area contributed by atoms with Gasteiger partial charge in [-0.25, -0.2) is 4.98 Å². The zero-order chi connectivity index (χ0) is 22.1. The molecule has 2 aromatic heterocycles. The van der Waals surface area contributed by atoms with Crippen LogP contribution in [0.25, 0.3) is 11.1 Å². The molecule has 2 fully saturated rings. The lowest BCUT2D eigenvalue weighted by Gasteiger charge is -2.32. The molecule has 2 unspecified atom stereocenters. The van der Waals surface area contributed by atoms with Crippen molar-refractivity contribution in [3.63, 3.8) is 0 Å². The molecule has 8 nitrogen and oxygen atoms in total. The van der Waals surface area contributed by atoms with Crippen LogP contribution in [0.4, 0.5) is 26.2 Å². The standard InChI is InChI=1S/C22H21F2N5O3/c23-21(24)32-15-3-1-13(2-4-15)14-9-18(20(30)26-10-14)27-19-7-8-25-22(28-19)29-11-16-5-6-17(12-29)31-16/h1-4,7-10,16-17,21H,5-6,11-12H2,(H,26,30)(H,25,27,28). The Balaban J connectivity index is 1.35. The number of nitrogens with one attached hydrogen (secondary N) is 2. The van der Waals surface area contributed by atoms with Crippen molar-refractivity contribution in [2.75, 3.05) is 23.3 Å². The van der Waals surface area contributed by atoms with Crippen molar-refractivity contribution in [2.45, 2.75) is 31.7 Å². The Morgan fingerprint density at radius 3 is 2.59 bits per heavy atom. The number of alkyl halides is 2. The van der Waals surface area contributed by atoms with Gasteiger partial charge in [0.05, 0.1) is 12.2 Å². The molecule has 0 saturated carbocycles. The van der Waals surface area contributed by atoms with Crippen LogP contribution in [0.15, 0.2) is 53.6 Å². The Labute approximate surface area is 182 Å². The number of rotatable bonds is 6. The van der Waals surface area contributed by atoms with Crippen molar-refractivity contribution >= 4 is 17.5 Å². The van der Waals surface area contributed by atoms with E-state index in [1.807, 2.05) is 0 Å². The van der Waals surface area contributed by atoms with E-state index in [4.69, 9.17) is 4.74 Å². The summed E-state index contributed by atoms with van der Waals surface area (Å²) in [4.78, 5) is 26.1. The summed E-state index contributed by atoms with van der Waals surface area (Å²) < 4.78 is 34.9. The van der Waals surface area contributed by atoms with Crippen molar-refractivity contribution < 1.29 is 18.3 Å². The summed E-state index contributed by atoms with van der Waals surface area (Å²) >= 11 is 0. The van der Waals surface area contributed by atoms with E-state index in [-0.39, 0.29) is 23.5 Å². The number of pyridine rings is 1. The lowest BCUT2D eigenvalue weighted by Crippen LogP contribution is -2.43. The number of aromatic nitrogens is 3. The van der Waals surface area contributed by atoms with Gasteiger partial charge >= 0.3 is 6.61 Å². The van der Waals surface area contributed by atoms with Gasteiger partial charge in [-0.15, -0.1) is 0 Å². The van der Waals surface area contributed by atoms with Crippen molar-refractivity contribution in [3.8, 4) is 16.9 Å². The van der Waals surface area contributed by atoms with E-state index in [1.54, 1.807) is 36.7 Å². The maximum absolute atomic E-state index is 12.4. The zero-order valence-electron chi connectivity index (χ0n) is 17.0. The normalized spacial score (nSPS) is 19.9. The summed E-state index contributed by atoms with van der Waals surface area (Å²) in [7, 11) is 0. The quantitative estimate of drug-likeness (QED) is 0.604. The third-order valence-corrected chi connectivity index (χ3v) is 5.55. The van der Waals surface area contributed by atoms with Crippen LogP contribution < -0.4 is 20.5 Å².